The number of thioether (sulfide) groups is 1. The van der Waals surface area contributed by atoms with Crippen LogP contribution in [0, 0.1) is 5.92 Å². The van der Waals surface area contributed by atoms with Crippen LogP contribution in [-0.2, 0) is 12.2 Å². The van der Waals surface area contributed by atoms with Crippen LogP contribution in [-0.4, -0.2) is 25.4 Å². The van der Waals surface area contributed by atoms with Crippen LogP contribution in [0.1, 0.15) is 35.0 Å². The van der Waals surface area contributed by atoms with Crippen molar-refractivity contribution in [2.75, 3.05) is 0 Å². The number of aromatic nitrogens is 4. The molecule has 1 aliphatic rings. The molecular weight excluding hydrogens is 308 g/mol. The van der Waals surface area contributed by atoms with E-state index in [1.807, 2.05) is 18.2 Å². The van der Waals surface area contributed by atoms with Crippen molar-refractivity contribution in [1.29, 1.82) is 0 Å². The minimum Gasteiger partial charge on any atom is -0.294 e. The fourth-order valence-corrected chi connectivity index (χ4v) is 3.62. The van der Waals surface area contributed by atoms with Crippen LogP contribution in [0.5, 0.6) is 0 Å². The first-order valence-corrected chi connectivity index (χ1v) is 8.64. The van der Waals surface area contributed by atoms with Crippen molar-refractivity contribution in [3.63, 3.8) is 0 Å². The third-order valence-corrected chi connectivity index (χ3v) is 4.89. The van der Waals surface area contributed by atoms with Crippen molar-refractivity contribution < 1.29 is 4.79 Å². The summed E-state index contributed by atoms with van der Waals surface area (Å²) >= 11 is 1.58. The summed E-state index contributed by atoms with van der Waals surface area (Å²) in [5.74, 6) is 1.89. The number of benzene rings is 1. The fraction of sp³-hybridized carbons (Fsp3) is 0.294. The average Bonchev–Trinajstić information content (AvgIpc) is 2.94. The fourth-order valence-electron chi connectivity index (χ4n) is 2.84. The highest BCUT2D eigenvalue weighted by Crippen LogP contribution is 2.25. The van der Waals surface area contributed by atoms with E-state index in [9.17, 15) is 4.79 Å². The van der Waals surface area contributed by atoms with Crippen molar-refractivity contribution in [2.45, 2.75) is 30.7 Å². The van der Waals surface area contributed by atoms with Gasteiger partial charge < -0.3 is 0 Å². The summed E-state index contributed by atoms with van der Waals surface area (Å²) in [5, 5.41) is 5.13. The predicted molar refractivity (Wildman–Crippen MR) is 88.6 cm³/mol. The minimum absolute atomic E-state index is 0.155. The molecule has 116 valence electrons. The number of ketones is 1. The largest absolute Gasteiger partial charge is 0.294 e. The van der Waals surface area contributed by atoms with E-state index in [2.05, 4.69) is 34.1 Å². The molecule has 0 amide bonds. The molecule has 0 aliphatic heterocycles. The van der Waals surface area contributed by atoms with E-state index in [0.717, 1.165) is 17.9 Å². The summed E-state index contributed by atoms with van der Waals surface area (Å²) in [7, 11) is 0. The highest BCUT2D eigenvalue weighted by Gasteiger charge is 2.25. The standard InChI is InChI=1S/C17H16N4OS/c1-11-7-14-13(15(22)8-11)9-21-16(18-14)19-17(20-21)23-10-12-5-3-2-4-6-12/h2-6,9,11H,7-8,10H2,1H3/t11-/m1/s1. The van der Waals surface area contributed by atoms with Gasteiger partial charge in [-0.05, 0) is 17.9 Å². The summed E-state index contributed by atoms with van der Waals surface area (Å²) < 4.78 is 1.63. The van der Waals surface area contributed by atoms with Gasteiger partial charge in [0.15, 0.2) is 5.78 Å². The van der Waals surface area contributed by atoms with E-state index in [1.165, 1.54) is 5.56 Å². The summed E-state index contributed by atoms with van der Waals surface area (Å²) in [5.41, 5.74) is 2.78. The van der Waals surface area contributed by atoms with Gasteiger partial charge in [0.25, 0.3) is 5.78 Å². The molecule has 0 saturated heterocycles. The van der Waals surface area contributed by atoms with Gasteiger partial charge in [-0.25, -0.2) is 9.50 Å². The number of Topliss-reactive ketones (excluding diaryl/α,β-unsaturated/α-hetero) is 1. The smallest absolute Gasteiger partial charge is 0.253 e. The van der Waals surface area contributed by atoms with Crippen LogP contribution in [0.15, 0.2) is 41.7 Å². The molecular formula is C17H16N4OS. The number of hydrogen-bond acceptors (Lipinski definition) is 5. The Hall–Kier alpha value is -2.21. The molecule has 4 rings (SSSR count). The summed E-state index contributed by atoms with van der Waals surface area (Å²) in [6.45, 7) is 2.08. The molecule has 2 aromatic heterocycles. The second-order valence-corrected chi connectivity index (χ2v) is 6.89. The van der Waals surface area contributed by atoms with E-state index < -0.39 is 0 Å². The van der Waals surface area contributed by atoms with Crippen molar-refractivity contribution in [3.8, 4) is 0 Å². The van der Waals surface area contributed by atoms with Crippen LogP contribution >= 0.6 is 11.8 Å². The molecule has 0 saturated carbocycles. The molecule has 2 heterocycles. The first-order valence-electron chi connectivity index (χ1n) is 7.65. The highest BCUT2D eigenvalue weighted by molar-refractivity contribution is 7.98. The topological polar surface area (TPSA) is 60.2 Å². The predicted octanol–water partition coefficient (Wildman–Crippen LogP) is 3.18. The number of hydrogen-bond donors (Lipinski definition) is 0. The maximum Gasteiger partial charge on any atom is 0.253 e. The molecule has 0 spiro atoms. The Bertz CT molecular complexity index is 875. The Labute approximate surface area is 138 Å². The number of nitrogens with zero attached hydrogens (tertiary/aromatic N) is 4. The molecule has 0 N–H and O–H groups in total. The van der Waals surface area contributed by atoms with Gasteiger partial charge in [-0.2, -0.15) is 4.98 Å². The average molecular weight is 324 g/mol. The number of carbonyl (C=O) groups excluding carboxylic acids is 1. The maximum atomic E-state index is 12.2. The second-order valence-electron chi connectivity index (χ2n) is 5.95. The number of fused-ring (bicyclic) bond motifs is 2. The first-order chi connectivity index (χ1) is 11.2. The lowest BCUT2D eigenvalue weighted by molar-refractivity contribution is 0.0951. The van der Waals surface area contributed by atoms with Crippen molar-refractivity contribution in [2.24, 2.45) is 5.92 Å². The molecule has 23 heavy (non-hydrogen) atoms. The van der Waals surface area contributed by atoms with Gasteiger partial charge in [-0.1, -0.05) is 49.0 Å². The van der Waals surface area contributed by atoms with Gasteiger partial charge in [0.05, 0.1) is 11.3 Å². The Kier molecular flexibility index (Phi) is 3.61. The Morgan fingerprint density at radius 2 is 2.04 bits per heavy atom. The Morgan fingerprint density at radius 1 is 1.22 bits per heavy atom. The van der Waals surface area contributed by atoms with E-state index in [-0.39, 0.29) is 5.78 Å². The highest BCUT2D eigenvalue weighted by atomic mass is 32.2. The molecule has 0 bridgehead atoms. The Morgan fingerprint density at radius 3 is 2.87 bits per heavy atom. The lowest BCUT2D eigenvalue weighted by Gasteiger charge is -2.18. The van der Waals surface area contributed by atoms with Crippen molar-refractivity contribution in [3.05, 3.63) is 53.3 Å². The zero-order valence-corrected chi connectivity index (χ0v) is 13.6. The normalized spacial score (nSPS) is 17.4. The summed E-state index contributed by atoms with van der Waals surface area (Å²) in [6, 6.07) is 10.2. The third-order valence-electron chi connectivity index (χ3n) is 3.98. The summed E-state index contributed by atoms with van der Waals surface area (Å²) in [6.07, 6.45) is 3.20. The minimum atomic E-state index is 0.155. The first kappa shape index (κ1) is 14.4. The zero-order valence-electron chi connectivity index (χ0n) is 12.8. The monoisotopic (exact) mass is 324 g/mol. The molecule has 3 aromatic rings. The van der Waals surface area contributed by atoms with Crippen LogP contribution in [0.4, 0.5) is 0 Å². The molecule has 0 unspecified atom stereocenters. The van der Waals surface area contributed by atoms with Gasteiger partial charge in [-0.15, -0.1) is 5.10 Å². The molecule has 1 aromatic carbocycles. The van der Waals surface area contributed by atoms with Gasteiger partial charge in [-0.3, -0.25) is 4.79 Å². The van der Waals surface area contributed by atoms with Crippen LogP contribution in [0.25, 0.3) is 5.78 Å². The van der Waals surface area contributed by atoms with Crippen molar-refractivity contribution >= 4 is 23.3 Å². The molecule has 0 radical (unpaired) electrons. The lowest BCUT2D eigenvalue weighted by Crippen LogP contribution is -2.20. The van der Waals surface area contributed by atoms with E-state index >= 15 is 0 Å². The quantitative estimate of drug-likeness (QED) is 0.693. The van der Waals surface area contributed by atoms with Crippen LogP contribution < -0.4 is 0 Å². The van der Waals surface area contributed by atoms with Gasteiger partial charge >= 0.3 is 0 Å². The van der Waals surface area contributed by atoms with Gasteiger partial charge in [0, 0.05) is 18.4 Å². The maximum absolute atomic E-state index is 12.2. The van der Waals surface area contributed by atoms with Gasteiger partial charge in [0.2, 0.25) is 5.16 Å². The third kappa shape index (κ3) is 2.86. The number of carbonyl (C=O) groups is 1. The zero-order chi connectivity index (χ0) is 15.8. The van der Waals surface area contributed by atoms with Crippen LogP contribution in [0.2, 0.25) is 0 Å². The molecule has 1 aliphatic carbocycles. The van der Waals surface area contributed by atoms with Crippen LogP contribution in [0.3, 0.4) is 0 Å². The van der Waals surface area contributed by atoms with E-state index in [1.54, 1.807) is 22.5 Å². The molecule has 5 nitrogen and oxygen atoms in total. The SMILES string of the molecule is C[C@H]1CC(=O)c2cn3nc(SCc4ccccc4)nc3nc2C1. The van der Waals surface area contributed by atoms with Gasteiger partial charge in [0.1, 0.15) is 0 Å². The Balaban J connectivity index is 1.62. The summed E-state index contributed by atoms with van der Waals surface area (Å²) in [4.78, 5) is 21.2. The van der Waals surface area contributed by atoms with E-state index in [0.29, 0.717) is 28.8 Å². The van der Waals surface area contributed by atoms with Crippen molar-refractivity contribution in [1.82, 2.24) is 19.6 Å². The number of rotatable bonds is 3. The van der Waals surface area contributed by atoms with E-state index in [4.69, 9.17) is 0 Å². The lowest BCUT2D eigenvalue weighted by atomic mass is 9.88. The molecule has 0 fully saturated rings. The second kappa shape index (κ2) is 5.77. The molecule has 1 atom stereocenters. The molecule has 6 heteroatoms.